The maximum Gasteiger partial charge on any atom is 0.255 e. The zero-order chi connectivity index (χ0) is 18.7. The normalized spacial score (nSPS) is 16.6. The Bertz CT molecular complexity index is 881. The van der Waals surface area contributed by atoms with Crippen molar-refractivity contribution in [3.8, 4) is 5.75 Å². The van der Waals surface area contributed by atoms with Crippen LogP contribution in [0.4, 0.5) is 10.1 Å². The summed E-state index contributed by atoms with van der Waals surface area (Å²) in [5.41, 5.74) is 2.42. The lowest BCUT2D eigenvalue weighted by atomic mass is 9.94. The molecule has 3 rings (SSSR count). The van der Waals surface area contributed by atoms with Gasteiger partial charge in [-0.3, -0.25) is 4.79 Å². The van der Waals surface area contributed by atoms with Gasteiger partial charge in [-0.15, -0.1) is 0 Å². The number of thiocarbonyl (C=S) groups is 1. The molecule has 0 unspecified atom stereocenters. The van der Waals surface area contributed by atoms with Crippen LogP contribution < -0.4 is 20.7 Å². The van der Waals surface area contributed by atoms with Crippen LogP contribution in [0.5, 0.6) is 5.75 Å². The van der Waals surface area contributed by atoms with Gasteiger partial charge in [0.1, 0.15) is 11.6 Å². The van der Waals surface area contributed by atoms with Crippen molar-refractivity contribution in [1.82, 2.24) is 10.6 Å². The van der Waals surface area contributed by atoms with E-state index in [0.717, 1.165) is 5.56 Å². The number of halogens is 1. The lowest BCUT2D eigenvalue weighted by molar-refractivity contribution is -0.113. The lowest BCUT2D eigenvalue weighted by Gasteiger charge is -2.31. The van der Waals surface area contributed by atoms with Gasteiger partial charge < -0.3 is 20.7 Å². The highest BCUT2D eigenvalue weighted by atomic mass is 32.1. The van der Waals surface area contributed by atoms with E-state index in [1.54, 1.807) is 14.0 Å². The van der Waals surface area contributed by atoms with Crippen LogP contribution in [-0.2, 0) is 4.79 Å². The molecule has 134 valence electrons. The van der Waals surface area contributed by atoms with Gasteiger partial charge >= 0.3 is 0 Å². The summed E-state index contributed by atoms with van der Waals surface area (Å²) >= 11 is 5.25. The van der Waals surface area contributed by atoms with E-state index in [1.807, 2.05) is 24.3 Å². The molecule has 2 aromatic carbocycles. The molecular weight excluding hydrogens is 353 g/mol. The van der Waals surface area contributed by atoms with E-state index in [2.05, 4.69) is 16.0 Å². The van der Waals surface area contributed by atoms with Crippen molar-refractivity contribution in [3.05, 3.63) is 71.2 Å². The average Bonchev–Trinajstić information content (AvgIpc) is 2.62. The smallest absolute Gasteiger partial charge is 0.255 e. The molecule has 5 nitrogen and oxygen atoms in total. The van der Waals surface area contributed by atoms with E-state index in [0.29, 0.717) is 27.8 Å². The SMILES string of the molecule is COc1ccccc1[C@@H]1NC(=S)NC(C)=C1C(=O)Nc1ccc(F)cc1. The minimum Gasteiger partial charge on any atom is -0.496 e. The molecule has 0 radical (unpaired) electrons. The van der Waals surface area contributed by atoms with Crippen LogP contribution in [0.1, 0.15) is 18.5 Å². The number of hydrogen-bond acceptors (Lipinski definition) is 3. The molecular formula is C19H18FN3O2S. The summed E-state index contributed by atoms with van der Waals surface area (Å²) in [5.74, 6) is -0.0289. The maximum absolute atomic E-state index is 13.1. The highest BCUT2D eigenvalue weighted by Crippen LogP contribution is 2.33. The molecule has 1 aliphatic rings. The van der Waals surface area contributed by atoms with Crippen molar-refractivity contribution in [2.24, 2.45) is 0 Å². The summed E-state index contributed by atoms with van der Waals surface area (Å²) in [5, 5.41) is 9.33. The summed E-state index contributed by atoms with van der Waals surface area (Å²) in [6.07, 6.45) is 0. The number of nitrogens with one attached hydrogen (secondary N) is 3. The summed E-state index contributed by atoms with van der Waals surface area (Å²) in [6.45, 7) is 1.79. The second kappa shape index (κ2) is 7.53. The lowest BCUT2D eigenvalue weighted by Crippen LogP contribution is -2.45. The molecule has 1 amide bonds. The van der Waals surface area contributed by atoms with Gasteiger partial charge in [-0.25, -0.2) is 4.39 Å². The van der Waals surface area contributed by atoms with Gasteiger partial charge in [0.25, 0.3) is 5.91 Å². The number of hydrogen-bond donors (Lipinski definition) is 3. The van der Waals surface area contributed by atoms with Crippen molar-refractivity contribution in [3.63, 3.8) is 0 Å². The largest absolute Gasteiger partial charge is 0.496 e. The van der Waals surface area contributed by atoms with Crippen LogP contribution >= 0.6 is 12.2 Å². The van der Waals surface area contributed by atoms with Gasteiger partial charge in [0.15, 0.2) is 5.11 Å². The fraction of sp³-hybridized carbons (Fsp3) is 0.158. The third kappa shape index (κ3) is 3.67. The summed E-state index contributed by atoms with van der Waals surface area (Å²) < 4.78 is 18.5. The number of carbonyl (C=O) groups is 1. The number of methoxy groups -OCH3 is 1. The zero-order valence-corrected chi connectivity index (χ0v) is 15.1. The van der Waals surface area contributed by atoms with Crippen molar-refractivity contribution < 1.29 is 13.9 Å². The number of rotatable bonds is 4. The van der Waals surface area contributed by atoms with Crippen LogP contribution in [0.15, 0.2) is 59.8 Å². The molecule has 0 spiro atoms. The molecule has 0 bridgehead atoms. The van der Waals surface area contributed by atoms with Crippen LogP contribution in [0.2, 0.25) is 0 Å². The van der Waals surface area contributed by atoms with Crippen molar-refractivity contribution >= 4 is 28.9 Å². The van der Waals surface area contributed by atoms with Crippen LogP contribution in [0.25, 0.3) is 0 Å². The Morgan fingerprint density at radius 1 is 1.19 bits per heavy atom. The number of allylic oxidation sites excluding steroid dienone is 1. The first kappa shape index (κ1) is 17.9. The topological polar surface area (TPSA) is 62.4 Å². The number of benzene rings is 2. The predicted octanol–water partition coefficient (Wildman–Crippen LogP) is 3.27. The highest BCUT2D eigenvalue weighted by molar-refractivity contribution is 7.80. The molecule has 0 saturated heterocycles. The molecule has 7 heteroatoms. The summed E-state index contributed by atoms with van der Waals surface area (Å²) in [7, 11) is 1.58. The fourth-order valence-electron chi connectivity index (χ4n) is 2.86. The van der Waals surface area contributed by atoms with Crippen molar-refractivity contribution in [1.29, 1.82) is 0 Å². The Morgan fingerprint density at radius 3 is 2.58 bits per heavy atom. The van der Waals surface area contributed by atoms with Crippen molar-refractivity contribution in [2.45, 2.75) is 13.0 Å². The van der Waals surface area contributed by atoms with Crippen LogP contribution in [-0.4, -0.2) is 18.1 Å². The second-order valence-corrected chi connectivity index (χ2v) is 6.18. The molecule has 2 aromatic rings. The Hall–Kier alpha value is -2.93. The predicted molar refractivity (Wildman–Crippen MR) is 102 cm³/mol. The van der Waals surface area contributed by atoms with Gasteiger partial charge in [0.2, 0.25) is 0 Å². The maximum atomic E-state index is 13.1. The minimum absolute atomic E-state index is 0.312. The first-order chi connectivity index (χ1) is 12.5. The van der Waals surface area contributed by atoms with E-state index in [9.17, 15) is 9.18 Å². The molecule has 3 N–H and O–H groups in total. The molecule has 1 heterocycles. The Kier molecular flexibility index (Phi) is 5.18. The third-order valence-electron chi connectivity index (χ3n) is 4.07. The van der Waals surface area contributed by atoms with Crippen LogP contribution in [0.3, 0.4) is 0 Å². The Morgan fingerprint density at radius 2 is 1.88 bits per heavy atom. The standard InChI is InChI=1S/C19H18FN3O2S/c1-11-16(18(24)22-13-9-7-12(20)8-10-13)17(23-19(26)21-11)14-5-3-4-6-15(14)25-2/h3-10,17H,1-2H3,(H,22,24)(H2,21,23,26)/t17-/m0/s1. The van der Waals surface area contributed by atoms with Gasteiger partial charge in [-0.2, -0.15) is 0 Å². The number of carbonyl (C=O) groups excluding carboxylic acids is 1. The number of amides is 1. The summed E-state index contributed by atoms with van der Waals surface area (Å²) in [6, 6.07) is 12.6. The molecule has 26 heavy (non-hydrogen) atoms. The van der Waals surface area contributed by atoms with Crippen LogP contribution in [0, 0.1) is 5.82 Å². The van der Waals surface area contributed by atoms with Gasteiger partial charge in [0.05, 0.1) is 18.7 Å². The van der Waals surface area contributed by atoms with E-state index in [-0.39, 0.29) is 11.7 Å². The van der Waals surface area contributed by atoms with Gasteiger partial charge in [-0.05, 0) is 49.5 Å². The first-order valence-electron chi connectivity index (χ1n) is 7.97. The number of ether oxygens (including phenoxy) is 1. The van der Waals surface area contributed by atoms with E-state index in [4.69, 9.17) is 17.0 Å². The molecule has 0 aliphatic carbocycles. The molecule has 0 fully saturated rings. The molecule has 0 aromatic heterocycles. The molecule has 1 atom stereocenters. The van der Waals surface area contributed by atoms with E-state index >= 15 is 0 Å². The van der Waals surface area contributed by atoms with Crippen molar-refractivity contribution in [2.75, 3.05) is 12.4 Å². The number of para-hydroxylation sites is 1. The molecule has 1 aliphatic heterocycles. The van der Waals surface area contributed by atoms with Gasteiger partial charge in [0, 0.05) is 16.9 Å². The average molecular weight is 371 g/mol. The minimum atomic E-state index is -0.472. The first-order valence-corrected chi connectivity index (χ1v) is 8.38. The third-order valence-corrected chi connectivity index (χ3v) is 4.29. The second-order valence-electron chi connectivity index (χ2n) is 5.77. The Labute approximate surface area is 156 Å². The molecule has 0 saturated carbocycles. The quantitative estimate of drug-likeness (QED) is 0.720. The highest BCUT2D eigenvalue weighted by Gasteiger charge is 2.31. The van der Waals surface area contributed by atoms with Gasteiger partial charge in [-0.1, -0.05) is 18.2 Å². The van der Waals surface area contributed by atoms with E-state index < -0.39 is 6.04 Å². The summed E-state index contributed by atoms with van der Waals surface area (Å²) in [4.78, 5) is 12.9. The number of anilines is 1. The zero-order valence-electron chi connectivity index (χ0n) is 14.3. The monoisotopic (exact) mass is 371 g/mol. The van der Waals surface area contributed by atoms with E-state index in [1.165, 1.54) is 24.3 Å². The fourth-order valence-corrected chi connectivity index (χ4v) is 3.14. The Balaban J connectivity index is 1.97.